The molecule has 4 aromatic rings. The lowest BCUT2D eigenvalue weighted by Crippen LogP contribution is -2.52. The Morgan fingerprint density at radius 1 is 0.745 bits per heavy atom. The number of nitro benzene ring substituents is 2. The number of hydrogen-bond donors (Lipinski definition) is 4. The van der Waals surface area contributed by atoms with Gasteiger partial charge in [-0.05, 0) is 59.4 Å². The Labute approximate surface area is 268 Å². The number of nitrogens with zero attached hydrogens (tertiary/aromatic N) is 4. The van der Waals surface area contributed by atoms with Crippen molar-refractivity contribution in [3.05, 3.63) is 140 Å². The molecule has 1 aliphatic heterocycles. The van der Waals surface area contributed by atoms with Gasteiger partial charge in [-0.25, -0.2) is 4.79 Å². The van der Waals surface area contributed by atoms with Gasteiger partial charge < -0.3 is 30.2 Å². The highest BCUT2D eigenvalue weighted by Gasteiger charge is 2.68. The van der Waals surface area contributed by atoms with Gasteiger partial charge in [-0.1, -0.05) is 48.5 Å². The molecule has 1 saturated carbocycles. The number of phenols is 2. The summed E-state index contributed by atoms with van der Waals surface area (Å²) < 4.78 is 0. The van der Waals surface area contributed by atoms with Gasteiger partial charge in [0.25, 0.3) is 11.4 Å². The van der Waals surface area contributed by atoms with Gasteiger partial charge in [-0.2, -0.15) is 0 Å². The van der Waals surface area contributed by atoms with E-state index in [2.05, 4.69) is 0 Å². The molecule has 1 aliphatic carbocycles. The van der Waals surface area contributed by atoms with Crippen LogP contribution in [0.25, 0.3) is 0 Å². The maximum Gasteiger partial charge on any atom is 0.321 e. The van der Waals surface area contributed by atoms with E-state index in [0.29, 0.717) is 22.3 Å². The number of carbonyl (C=O) groups excluding carboxylic acids is 1. The average Bonchev–Trinajstić information content (AvgIpc) is 3.82. The summed E-state index contributed by atoms with van der Waals surface area (Å²) in [6, 6.07) is 22.6. The molecule has 47 heavy (non-hydrogen) atoms. The van der Waals surface area contributed by atoms with E-state index in [-0.39, 0.29) is 48.8 Å². The molecular formula is C34H32N4O9. The summed E-state index contributed by atoms with van der Waals surface area (Å²) >= 11 is 0. The molecule has 4 aromatic carbocycles. The number of urea groups is 1. The third-order valence-electron chi connectivity index (χ3n) is 9.20. The number of hydrogen-bond acceptors (Lipinski definition) is 9. The van der Waals surface area contributed by atoms with Gasteiger partial charge in [0.2, 0.25) is 0 Å². The van der Waals surface area contributed by atoms with Crippen LogP contribution >= 0.6 is 0 Å². The second-order valence-electron chi connectivity index (χ2n) is 12.1. The number of aliphatic hydroxyl groups is 2. The van der Waals surface area contributed by atoms with Crippen LogP contribution in [0.4, 0.5) is 16.2 Å². The fourth-order valence-corrected chi connectivity index (χ4v) is 6.75. The van der Waals surface area contributed by atoms with E-state index in [1.165, 1.54) is 70.5 Å². The summed E-state index contributed by atoms with van der Waals surface area (Å²) in [6.07, 6.45) is -2.65. The number of rotatable bonds is 9. The monoisotopic (exact) mass is 640 g/mol. The molecule has 0 aromatic heterocycles. The number of non-ortho nitro benzene ring substituents is 2. The first-order valence-corrected chi connectivity index (χ1v) is 15.0. The van der Waals surface area contributed by atoms with Gasteiger partial charge in [0, 0.05) is 43.3 Å². The van der Waals surface area contributed by atoms with E-state index in [4.69, 9.17) is 0 Å². The zero-order chi connectivity index (χ0) is 33.5. The van der Waals surface area contributed by atoms with Crippen LogP contribution in [0, 0.1) is 20.2 Å². The summed E-state index contributed by atoms with van der Waals surface area (Å²) in [7, 11) is 0. The van der Waals surface area contributed by atoms with Crippen LogP contribution in [0.1, 0.15) is 34.6 Å². The fraction of sp³-hybridized carbons (Fsp3) is 0.265. The molecule has 1 heterocycles. The molecule has 13 nitrogen and oxygen atoms in total. The first-order valence-electron chi connectivity index (χ1n) is 15.0. The third-order valence-corrected chi connectivity index (χ3v) is 9.20. The predicted molar refractivity (Wildman–Crippen MR) is 168 cm³/mol. The Morgan fingerprint density at radius 2 is 1.28 bits per heavy atom. The number of benzene rings is 4. The standard InChI is InChI=1S/C34H32N4O9/c39-27-11-7-21(8-12-27)17-30-31(41)32(42)34(18-29(34)24-9-13-28(40)14-10-24)36(20-23-4-2-6-26(16-23)38(46)47)33(43)35(30)19-22-3-1-5-25(15-22)37(44)45/h1-16,29-32,39-42H,17-20H2/t29-,30-,31+,32-,34?/m1/s1. The highest BCUT2D eigenvalue weighted by molar-refractivity contribution is 5.78. The summed E-state index contributed by atoms with van der Waals surface area (Å²) in [5.41, 5.74) is 0.530. The molecule has 1 unspecified atom stereocenters. The molecule has 1 spiro atoms. The van der Waals surface area contributed by atoms with Crippen molar-refractivity contribution < 1.29 is 35.1 Å². The van der Waals surface area contributed by atoms with E-state index >= 15 is 0 Å². The van der Waals surface area contributed by atoms with Gasteiger partial charge in [0.15, 0.2) is 0 Å². The van der Waals surface area contributed by atoms with Gasteiger partial charge >= 0.3 is 6.03 Å². The minimum atomic E-state index is -1.50. The van der Waals surface area contributed by atoms with Crippen LogP contribution in [0.15, 0.2) is 97.1 Å². The van der Waals surface area contributed by atoms with Crippen molar-refractivity contribution in [2.45, 2.75) is 55.6 Å². The molecule has 2 aliphatic rings. The smallest absolute Gasteiger partial charge is 0.321 e. The molecule has 2 amide bonds. The molecule has 13 heteroatoms. The summed E-state index contributed by atoms with van der Waals surface area (Å²) in [5.74, 6) is -0.398. The maximum absolute atomic E-state index is 14.9. The first-order chi connectivity index (χ1) is 22.5. The average molecular weight is 641 g/mol. The number of amides is 2. The molecule has 6 rings (SSSR count). The summed E-state index contributed by atoms with van der Waals surface area (Å²) in [5, 5.41) is 67.0. The molecule has 4 N–H and O–H groups in total. The van der Waals surface area contributed by atoms with Crippen molar-refractivity contribution in [1.29, 1.82) is 0 Å². The highest BCUT2D eigenvalue weighted by atomic mass is 16.6. The SMILES string of the molecule is O=C1N(Cc2cccc([N+](=O)[O-])c2)[C@H](Cc2ccc(O)cc2)[C@H](O)[C@@H](O)C2(C[C@@H]2c2ccc(O)cc2)N1Cc1cccc([N+](=O)[O-])c1. The number of nitro groups is 2. The first kappa shape index (κ1) is 31.5. The van der Waals surface area contributed by atoms with Gasteiger partial charge in [-0.15, -0.1) is 0 Å². The molecule has 5 atom stereocenters. The lowest BCUT2D eigenvalue weighted by molar-refractivity contribution is -0.385. The molecule has 2 fully saturated rings. The lowest BCUT2D eigenvalue weighted by atomic mass is 9.90. The maximum atomic E-state index is 14.9. The zero-order valence-electron chi connectivity index (χ0n) is 25.0. The second kappa shape index (κ2) is 12.3. The van der Waals surface area contributed by atoms with Crippen LogP contribution < -0.4 is 0 Å². The van der Waals surface area contributed by atoms with Crippen molar-refractivity contribution >= 4 is 17.4 Å². The van der Waals surface area contributed by atoms with Crippen LogP contribution in [0.3, 0.4) is 0 Å². The quantitative estimate of drug-likeness (QED) is 0.149. The van der Waals surface area contributed by atoms with E-state index in [0.717, 1.165) is 0 Å². The molecule has 1 saturated heterocycles. The predicted octanol–water partition coefficient (Wildman–Crippen LogP) is 4.61. The van der Waals surface area contributed by atoms with Crippen molar-refractivity contribution in [3.8, 4) is 11.5 Å². The second-order valence-corrected chi connectivity index (χ2v) is 12.1. The van der Waals surface area contributed by atoms with E-state index in [9.17, 15) is 45.4 Å². The molecular weight excluding hydrogens is 608 g/mol. The zero-order valence-corrected chi connectivity index (χ0v) is 25.0. The normalized spacial score (nSPS) is 23.8. The van der Waals surface area contributed by atoms with Crippen molar-refractivity contribution in [3.63, 3.8) is 0 Å². The Morgan fingerprint density at radius 3 is 1.83 bits per heavy atom. The Bertz CT molecular complexity index is 1820. The largest absolute Gasteiger partial charge is 0.508 e. The minimum absolute atomic E-state index is 0.0246. The van der Waals surface area contributed by atoms with Crippen LogP contribution in [0.5, 0.6) is 11.5 Å². The van der Waals surface area contributed by atoms with Crippen LogP contribution in [0.2, 0.25) is 0 Å². The highest BCUT2D eigenvalue weighted by Crippen LogP contribution is 2.60. The summed E-state index contributed by atoms with van der Waals surface area (Å²) in [6.45, 7) is -0.297. The number of aromatic hydroxyl groups is 2. The van der Waals surface area contributed by atoms with E-state index in [1.807, 2.05) is 0 Å². The van der Waals surface area contributed by atoms with E-state index in [1.54, 1.807) is 36.4 Å². The van der Waals surface area contributed by atoms with Gasteiger partial charge in [0.1, 0.15) is 23.7 Å². The Hall–Kier alpha value is -5.53. The van der Waals surface area contributed by atoms with Crippen molar-refractivity contribution in [1.82, 2.24) is 9.80 Å². The molecule has 0 radical (unpaired) electrons. The number of aliphatic hydroxyl groups excluding tert-OH is 2. The van der Waals surface area contributed by atoms with Gasteiger partial charge in [0.05, 0.1) is 21.4 Å². The number of carbonyl (C=O) groups is 1. The lowest BCUT2D eigenvalue weighted by Gasteiger charge is -2.36. The Balaban J connectivity index is 1.48. The minimum Gasteiger partial charge on any atom is -0.508 e. The summed E-state index contributed by atoms with van der Waals surface area (Å²) in [4.78, 5) is 39.8. The third kappa shape index (κ3) is 6.05. The van der Waals surface area contributed by atoms with Crippen LogP contribution in [-0.2, 0) is 19.5 Å². The van der Waals surface area contributed by atoms with Gasteiger partial charge in [-0.3, -0.25) is 20.2 Å². The fourth-order valence-electron chi connectivity index (χ4n) is 6.75. The van der Waals surface area contributed by atoms with Crippen molar-refractivity contribution in [2.75, 3.05) is 0 Å². The van der Waals surface area contributed by atoms with Crippen LogP contribution in [-0.4, -0.2) is 69.9 Å². The van der Waals surface area contributed by atoms with E-state index < -0.39 is 45.6 Å². The van der Waals surface area contributed by atoms with Crippen molar-refractivity contribution in [2.24, 2.45) is 0 Å². The number of phenolic OH excluding ortho intramolecular Hbond substituents is 2. The molecule has 242 valence electrons. The molecule has 0 bridgehead atoms. The Kier molecular flexibility index (Phi) is 8.26. The topological polar surface area (TPSA) is 191 Å².